The van der Waals surface area contributed by atoms with Crippen LogP contribution in [-0.2, 0) is 4.74 Å². The molecule has 0 fully saturated rings. The molecule has 0 aromatic heterocycles. The number of nitrogens with two attached hydrogens (primary N) is 1. The lowest BCUT2D eigenvalue weighted by Crippen LogP contribution is -2.18. The highest BCUT2D eigenvalue weighted by atomic mass is 19.1. The second-order valence-corrected chi connectivity index (χ2v) is 2.82. The van der Waals surface area contributed by atoms with Gasteiger partial charge in [0.15, 0.2) is 0 Å². The topological polar surface area (TPSA) is 35.2 Å². The summed E-state index contributed by atoms with van der Waals surface area (Å²) in [7, 11) is 0. The smallest absolute Gasteiger partial charge is 0.132 e. The van der Waals surface area contributed by atoms with Crippen molar-refractivity contribution >= 4 is 0 Å². The summed E-state index contributed by atoms with van der Waals surface area (Å²) in [5.41, 5.74) is 5.28. The van der Waals surface area contributed by atoms with Gasteiger partial charge in [0.25, 0.3) is 0 Å². The van der Waals surface area contributed by atoms with Crippen LogP contribution < -0.4 is 5.73 Å². The van der Waals surface area contributed by atoms with Crippen LogP contribution in [0.5, 0.6) is 0 Å². The lowest BCUT2D eigenvalue weighted by Gasteiger charge is -2.16. The molecule has 1 aromatic rings. The Balaban J connectivity index is 3.02. The molecule has 0 aliphatic heterocycles. The van der Waals surface area contributed by atoms with Crippen LogP contribution in [0.3, 0.4) is 0 Å². The van der Waals surface area contributed by atoms with Crippen molar-refractivity contribution in [3.8, 4) is 0 Å². The van der Waals surface area contributed by atoms with E-state index in [2.05, 4.69) is 0 Å². The van der Waals surface area contributed by atoms with Crippen molar-refractivity contribution in [3.63, 3.8) is 0 Å². The summed E-state index contributed by atoms with van der Waals surface area (Å²) < 4.78 is 31.6. The molecule has 0 radical (unpaired) electrons. The molecule has 0 unspecified atom stereocenters. The Morgan fingerprint density at radius 3 is 2.36 bits per heavy atom. The van der Waals surface area contributed by atoms with Crippen LogP contribution in [0.2, 0.25) is 0 Å². The van der Waals surface area contributed by atoms with Gasteiger partial charge in [0.2, 0.25) is 0 Å². The average Bonchev–Trinajstić information content (AvgIpc) is 2.16. The minimum atomic E-state index is -0.707. The predicted molar refractivity (Wildman–Crippen MR) is 49.8 cm³/mol. The third-order valence-electron chi connectivity index (χ3n) is 1.90. The summed E-state index contributed by atoms with van der Waals surface area (Å²) in [5, 5.41) is 0. The number of hydrogen-bond donors (Lipinski definition) is 1. The molecule has 0 bridgehead atoms. The summed E-state index contributed by atoms with van der Waals surface area (Å²) in [5.74, 6) is -1.23. The zero-order chi connectivity index (χ0) is 10.6. The Labute approximate surface area is 81.7 Å². The van der Waals surface area contributed by atoms with Crippen molar-refractivity contribution in [1.29, 1.82) is 0 Å². The van der Waals surface area contributed by atoms with Crippen LogP contribution in [0.15, 0.2) is 18.2 Å². The molecule has 14 heavy (non-hydrogen) atoms. The van der Waals surface area contributed by atoms with E-state index >= 15 is 0 Å². The van der Waals surface area contributed by atoms with E-state index < -0.39 is 17.7 Å². The summed E-state index contributed by atoms with van der Waals surface area (Å²) in [6.45, 7) is 2.18. The Morgan fingerprint density at radius 1 is 1.36 bits per heavy atom. The number of ether oxygens (including phenoxy) is 1. The molecule has 2 N–H and O–H groups in total. The Hall–Kier alpha value is -1.00. The van der Waals surface area contributed by atoms with Crippen LogP contribution in [0.4, 0.5) is 8.78 Å². The van der Waals surface area contributed by atoms with Gasteiger partial charge < -0.3 is 10.5 Å². The van der Waals surface area contributed by atoms with Crippen molar-refractivity contribution in [1.82, 2.24) is 0 Å². The second kappa shape index (κ2) is 5.02. The third-order valence-corrected chi connectivity index (χ3v) is 1.90. The quantitative estimate of drug-likeness (QED) is 0.808. The maximum atomic E-state index is 13.2. The third kappa shape index (κ3) is 2.27. The number of rotatable bonds is 4. The van der Waals surface area contributed by atoms with Gasteiger partial charge in [0.05, 0.1) is 5.56 Å². The number of benzene rings is 1. The minimum Gasteiger partial charge on any atom is -0.372 e. The van der Waals surface area contributed by atoms with E-state index in [1.54, 1.807) is 6.92 Å². The summed E-state index contributed by atoms with van der Waals surface area (Å²) >= 11 is 0. The van der Waals surface area contributed by atoms with Gasteiger partial charge in [-0.1, -0.05) is 6.07 Å². The van der Waals surface area contributed by atoms with Gasteiger partial charge in [0.1, 0.15) is 17.7 Å². The lowest BCUT2D eigenvalue weighted by molar-refractivity contribution is 0.0635. The van der Waals surface area contributed by atoms with Gasteiger partial charge in [-0.25, -0.2) is 8.78 Å². The molecule has 2 nitrogen and oxygen atoms in total. The summed E-state index contributed by atoms with van der Waals surface area (Å²) in [4.78, 5) is 0. The van der Waals surface area contributed by atoms with Gasteiger partial charge in [-0.2, -0.15) is 0 Å². The molecular formula is C10H13F2NO. The van der Waals surface area contributed by atoms with E-state index in [-0.39, 0.29) is 12.1 Å². The molecule has 0 saturated carbocycles. The standard InChI is InChI=1S/C10H13F2NO/c1-2-14-9(6-13)10-7(11)4-3-5-8(10)12/h3-5,9H,2,6,13H2,1H3/t9-/m1/s1. The van der Waals surface area contributed by atoms with E-state index in [1.807, 2.05) is 0 Å². The molecule has 0 amide bonds. The molecule has 78 valence electrons. The molecule has 4 heteroatoms. The zero-order valence-electron chi connectivity index (χ0n) is 7.97. The van der Waals surface area contributed by atoms with Crippen LogP contribution in [-0.4, -0.2) is 13.2 Å². The molecule has 1 atom stereocenters. The molecular weight excluding hydrogens is 188 g/mol. The molecule has 0 spiro atoms. The fraction of sp³-hybridized carbons (Fsp3) is 0.400. The number of halogens is 2. The van der Waals surface area contributed by atoms with E-state index in [1.165, 1.54) is 18.2 Å². The van der Waals surface area contributed by atoms with Crippen molar-refractivity contribution in [2.24, 2.45) is 5.73 Å². The molecule has 0 heterocycles. The highest BCUT2D eigenvalue weighted by Crippen LogP contribution is 2.22. The normalized spacial score (nSPS) is 12.9. The van der Waals surface area contributed by atoms with E-state index in [9.17, 15) is 8.78 Å². The maximum absolute atomic E-state index is 13.2. The van der Waals surface area contributed by atoms with Crippen molar-refractivity contribution in [2.45, 2.75) is 13.0 Å². The van der Waals surface area contributed by atoms with Gasteiger partial charge in [-0.3, -0.25) is 0 Å². The first kappa shape index (κ1) is 11.1. The predicted octanol–water partition coefficient (Wildman–Crippen LogP) is 2.00. The van der Waals surface area contributed by atoms with Gasteiger partial charge in [0, 0.05) is 13.2 Å². The first-order valence-electron chi connectivity index (χ1n) is 4.46. The van der Waals surface area contributed by atoms with E-state index in [0.29, 0.717) is 6.61 Å². The molecule has 0 saturated heterocycles. The van der Waals surface area contributed by atoms with Crippen molar-refractivity contribution in [3.05, 3.63) is 35.4 Å². The van der Waals surface area contributed by atoms with E-state index in [0.717, 1.165) is 0 Å². The summed E-state index contributed by atoms with van der Waals surface area (Å²) in [6.07, 6.45) is -0.707. The molecule has 1 aromatic carbocycles. The molecule has 0 aliphatic rings. The maximum Gasteiger partial charge on any atom is 0.132 e. The first-order valence-corrected chi connectivity index (χ1v) is 4.46. The highest BCUT2D eigenvalue weighted by molar-refractivity contribution is 5.22. The average molecular weight is 201 g/mol. The Morgan fingerprint density at radius 2 is 1.93 bits per heavy atom. The van der Waals surface area contributed by atoms with Gasteiger partial charge >= 0.3 is 0 Å². The number of hydrogen-bond acceptors (Lipinski definition) is 2. The molecule has 1 rings (SSSR count). The molecule has 0 aliphatic carbocycles. The summed E-state index contributed by atoms with van der Waals surface area (Å²) in [6, 6.07) is 3.70. The first-order chi connectivity index (χ1) is 6.70. The Bertz CT molecular complexity index is 284. The van der Waals surface area contributed by atoms with Crippen molar-refractivity contribution < 1.29 is 13.5 Å². The van der Waals surface area contributed by atoms with E-state index in [4.69, 9.17) is 10.5 Å². The van der Waals surface area contributed by atoms with Crippen LogP contribution in [0.1, 0.15) is 18.6 Å². The minimum absolute atomic E-state index is 0.0612. The van der Waals surface area contributed by atoms with Gasteiger partial charge in [-0.05, 0) is 19.1 Å². The van der Waals surface area contributed by atoms with Crippen molar-refractivity contribution in [2.75, 3.05) is 13.2 Å². The fourth-order valence-corrected chi connectivity index (χ4v) is 1.29. The van der Waals surface area contributed by atoms with Crippen LogP contribution >= 0.6 is 0 Å². The lowest BCUT2D eigenvalue weighted by atomic mass is 10.1. The Kier molecular flexibility index (Phi) is 3.98. The second-order valence-electron chi connectivity index (χ2n) is 2.82. The van der Waals surface area contributed by atoms with Gasteiger partial charge in [-0.15, -0.1) is 0 Å². The van der Waals surface area contributed by atoms with Crippen LogP contribution in [0, 0.1) is 11.6 Å². The SMILES string of the molecule is CCO[C@H](CN)c1c(F)cccc1F. The monoisotopic (exact) mass is 201 g/mol. The van der Waals surface area contributed by atoms with Crippen LogP contribution in [0.25, 0.3) is 0 Å². The zero-order valence-corrected chi connectivity index (χ0v) is 7.97. The largest absolute Gasteiger partial charge is 0.372 e. The fourth-order valence-electron chi connectivity index (χ4n) is 1.29. The highest BCUT2D eigenvalue weighted by Gasteiger charge is 2.18.